The van der Waals surface area contributed by atoms with Gasteiger partial charge in [-0.05, 0) is 48.9 Å². The molecule has 0 aliphatic carbocycles. The van der Waals surface area contributed by atoms with Crippen LogP contribution in [0.5, 0.6) is 0 Å². The minimum absolute atomic E-state index is 0.264. The molecule has 4 aromatic rings. The Labute approximate surface area is 178 Å². The van der Waals surface area contributed by atoms with Crippen molar-refractivity contribution in [1.82, 2.24) is 15.0 Å². The lowest BCUT2D eigenvalue weighted by atomic mass is 9.94. The van der Waals surface area contributed by atoms with E-state index in [9.17, 15) is 4.39 Å². The molecule has 1 fully saturated rings. The monoisotopic (exact) mass is 421 g/mol. The molecular weight excluding hydrogens is 401 g/mol. The normalized spacial score (nSPS) is 14.3. The van der Waals surface area contributed by atoms with Crippen molar-refractivity contribution in [2.75, 3.05) is 24.5 Å². The molecule has 2 aromatic heterocycles. The first-order valence-corrected chi connectivity index (χ1v) is 10.3. The Bertz CT molecular complexity index is 1230. The number of anilines is 1. The van der Waals surface area contributed by atoms with Gasteiger partial charge < -0.3 is 15.6 Å². The van der Waals surface area contributed by atoms with Crippen molar-refractivity contribution in [2.24, 2.45) is 11.7 Å². The van der Waals surface area contributed by atoms with Crippen LogP contribution in [0, 0.1) is 18.7 Å². The molecule has 1 aliphatic heterocycles. The van der Waals surface area contributed by atoms with E-state index in [-0.39, 0.29) is 5.82 Å². The lowest BCUT2D eigenvalue weighted by Gasteiger charge is -2.42. The Kier molecular flexibility index (Phi) is 4.68. The van der Waals surface area contributed by atoms with Crippen LogP contribution in [0.1, 0.15) is 5.56 Å². The van der Waals surface area contributed by atoms with Gasteiger partial charge in [0.2, 0.25) is 0 Å². The van der Waals surface area contributed by atoms with Crippen LogP contribution in [0.4, 0.5) is 10.1 Å². The summed E-state index contributed by atoms with van der Waals surface area (Å²) in [4.78, 5) is 14.8. The summed E-state index contributed by atoms with van der Waals surface area (Å²) >= 11 is 6.33. The van der Waals surface area contributed by atoms with E-state index in [1.54, 1.807) is 18.5 Å². The maximum atomic E-state index is 14.2. The van der Waals surface area contributed by atoms with Crippen molar-refractivity contribution in [3.05, 3.63) is 65.2 Å². The van der Waals surface area contributed by atoms with Gasteiger partial charge in [0.1, 0.15) is 17.2 Å². The molecule has 0 amide bonds. The van der Waals surface area contributed by atoms with E-state index in [0.717, 1.165) is 52.1 Å². The number of nitrogens with one attached hydrogen (secondary N) is 1. The summed E-state index contributed by atoms with van der Waals surface area (Å²) in [6, 6.07) is 10.7. The lowest BCUT2D eigenvalue weighted by molar-refractivity contribution is 0.421. The fourth-order valence-corrected chi connectivity index (χ4v) is 4.31. The summed E-state index contributed by atoms with van der Waals surface area (Å²) in [6.07, 6.45) is 3.59. The largest absolute Gasteiger partial charge is 0.370 e. The number of rotatable bonds is 4. The molecule has 152 valence electrons. The van der Waals surface area contributed by atoms with Crippen LogP contribution in [0.2, 0.25) is 5.02 Å². The van der Waals surface area contributed by atoms with E-state index in [1.165, 1.54) is 6.07 Å². The van der Waals surface area contributed by atoms with Gasteiger partial charge in [-0.15, -0.1) is 0 Å². The molecule has 5 rings (SSSR count). The van der Waals surface area contributed by atoms with Crippen LogP contribution >= 0.6 is 11.6 Å². The van der Waals surface area contributed by atoms with Crippen molar-refractivity contribution < 1.29 is 4.39 Å². The van der Waals surface area contributed by atoms with Gasteiger partial charge in [-0.25, -0.2) is 9.37 Å². The number of benzene rings is 2. The molecule has 0 saturated carbocycles. The average Bonchev–Trinajstić information content (AvgIpc) is 3.12. The van der Waals surface area contributed by atoms with Gasteiger partial charge in [0.15, 0.2) is 0 Å². The van der Waals surface area contributed by atoms with E-state index >= 15 is 0 Å². The van der Waals surface area contributed by atoms with E-state index < -0.39 is 0 Å². The predicted octanol–water partition coefficient (Wildman–Crippen LogP) is 4.79. The second kappa shape index (κ2) is 7.38. The Hall–Kier alpha value is -2.96. The van der Waals surface area contributed by atoms with Crippen LogP contribution in [0.25, 0.3) is 33.5 Å². The number of nitrogens with zero attached hydrogens (tertiary/aromatic N) is 3. The maximum Gasteiger partial charge on any atom is 0.142 e. The molecule has 1 saturated heterocycles. The summed E-state index contributed by atoms with van der Waals surface area (Å²) in [5.74, 6) is 0.866. The number of aromatic amines is 1. The van der Waals surface area contributed by atoms with Gasteiger partial charge in [-0.1, -0.05) is 23.7 Å². The maximum absolute atomic E-state index is 14.2. The first-order valence-electron chi connectivity index (χ1n) is 9.88. The van der Waals surface area contributed by atoms with E-state index in [0.29, 0.717) is 23.3 Å². The van der Waals surface area contributed by atoms with Gasteiger partial charge in [0.25, 0.3) is 0 Å². The smallest absolute Gasteiger partial charge is 0.142 e. The number of aromatic nitrogens is 3. The second-order valence-electron chi connectivity index (χ2n) is 7.83. The minimum Gasteiger partial charge on any atom is -0.370 e. The molecule has 7 heteroatoms. The quantitative estimate of drug-likeness (QED) is 0.497. The number of fused-ring (bicyclic) bond motifs is 1. The molecule has 1 aliphatic rings. The lowest BCUT2D eigenvalue weighted by Crippen LogP contribution is -2.50. The van der Waals surface area contributed by atoms with Gasteiger partial charge in [-0.3, -0.25) is 4.98 Å². The van der Waals surface area contributed by atoms with Crippen molar-refractivity contribution >= 4 is 28.3 Å². The number of pyridine rings is 1. The first-order chi connectivity index (χ1) is 14.5. The highest BCUT2D eigenvalue weighted by Crippen LogP contribution is 2.41. The van der Waals surface area contributed by atoms with Crippen molar-refractivity contribution in [3.63, 3.8) is 0 Å². The molecule has 0 atom stereocenters. The van der Waals surface area contributed by atoms with Gasteiger partial charge >= 0.3 is 0 Å². The van der Waals surface area contributed by atoms with Crippen LogP contribution in [-0.4, -0.2) is 34.6 Å². The number of imidazole rings is 1. The zero-order valence-corrected chi connectivity index (χ0v) is 17.2. The van der Waals surface area contributed by atoms with Crippen LogP contribution in [0.15, 0.2) is 48.8 Å². The summed E-state index contributed by atoms with van der Waals surface area (Å²) in [7, 11) is 0. The number of aryl methyl sites for hydroxylation is 1. The topological polar surface area (TPSA) is 70.8 Å². The summed E-state index contributed by atoms with van der Waals surface area (Å²) in [6.45, 7) is 4.22. The number of para-hydroxylation sites is 1. The summed E-state index contributed by atoms with van der Waals surface area (Å²) < 4.78 is 14.2. The molecule has 30 heavy (non-hydrogen) atoms. The molecular formula is C23H21ClFN5. The molecule has 3 heterocycles. The third-order valence-corrected chi connectivity index (χ3v) is 5.90. The molecule has 0 radical (unpaired) electrons. The van der Waals surface area contributed by atoms with Crippen molar-refractivity contribution in [1.29, 1.82) is 0 Å². The Morgan fingerprint density at radius 3 is 2.73 bits per heavy atom. The zero-order chi connectivity index (χ0) is 20.8. The number of hydrogen-bond acceptors (Lipinski definition) is 4. The first kappa shape index (κ1) is 19.0. The molecule has 0 spiro atoms. The number of hydrogen-bond donors (Lipinski definition) is 2. The number of nitrogens with two attached hydrogens (primary N) is 1. The molecule has 2 aromatic carbocycles. The fraction of sp³-hybridized carbons (Fsp3) is 0.217. The van der Waals surface area contributed by atoms with Crippen LogP contribution in [0.3, 0.4) is 0 Å². The van der Waals surface area contributed by atoms with Crippen molar-refractivity contribution in [2.45, 2.75) is 6.92 Å². The third-order valence-electron chi connectivity index (χ3n) is 5.60. The minimum atomic E-state index is -0.264. The van der Waals surface area contributed by atoms with Gasteiger partial charge in [0, 0.05) is 37.0 Å². The molecule has 3 N–H and O–H groups in total. The highest BCUT2D eigenvalue weighted by atomic mass is 35.5. The molecule has 5 nitrogen and oxygen atoms in total. The van der Waals surface area contributed by atoms with Gasteiger partial charge in [0.05, 0.1) is 21.8 Å². The molecule has 0 bridgehead atoms. The Morgan fingerprint density at radius 2 is 2.00 bits per heavy atom. The highest BCUT2D eigenvalue weighted by molar-refractivity contribution is 6.35. The standard InChI is InChI=1S/C23H21ClFN5/c1-13-5-15(7-16(25)6-13)17-9-27-10-18(22(17)30-11-14(8-26)12-30)23-28-20-4-2-3-19(24)21(20)29-23/h2-7,9-10,14H,8,11-12,26H2,1H3,(H,28,29). The zero-order valence-electron chi connectivity index (χ0n) is 16.5. The average molecular weight is 422 g/mol. The van der Waals surface area contributed by atoms with Crippen LogP contribution in [-0.2, 0) is 0 Å². The summed E-state index contributed by atoms with van der Waals surface area (Å²) in [5, 5.41) is 0.591. The Morgan fingerprint density at radius 1 is 1.20 bits per heavy atom. The number of H-pyrrole nitrogens is 1. The van der Waals surface area contributed by atoms with E-state index in [2.05, 4.69) is 14.9 Å². The summed E-state index contributed by atoms with van der Waals surface area (Å²) in [5.41, 5.74) is 11.8. The van der Waals surface area contributed by atoms with E-state index in [4.69, 9.17) is 22.3 Å². The SMILES string of the molecule is Cc1cc(F)cc(-c2cncc(-c3nc4c(Cl)cccc4[nH]3)c2N2CC(CN)C2)c1. The highest BCUT2D eigenvalue weighted by Gasteiger charge is 2.30. The van der Waals surface area contributed by atoms with Gasteiger partial charge in [-0.2, -0.15) is 0 Å². The van der Waals surface area contributed by atoms with Crippen LogP contribution < -0.4 is 10.6 Å². The fourth-order valence-electron chi connectivity index (χ4n) is 4.10. The third kappa shape index (κ3) is 3.22. The molecule has 0 unspecified atom stereocenters. The number of halogens is 2. The van der Waals surface area contributed by atoms with Crippen molar-refractivity contribution in [3.8, 4) is 22.5 Å². The Balaban J connectivity index is 1.71. The predicted molar refractivity (Wildman–Crippen MR) is 119 cm³/mol. The second-order valence-corrected chi connectivity index (χ2v) is 8.24. The van der Waals surface area contributed by atoms with E-state index in [1.807, 2.05) is 31.2 Å².